The van der Waals surface area contributed by atoms with Crippen molar-refractivity contribution in [1.29, 1.82) is 0 Å². The Morgan fingerprint density at radius 3 is 1.46 bits per heavy atom. The minimum absolute atomic E-state index is 0.296. The Bertz CT molecular complexity index is 922. The summed E-state index contributed by atoms with van der Waals surface area (Å²) in [6.45, 7) is 3.67. The number of halogens is 2. The molecule has 0 atom stereocenters. The zero-order valence-electron chi connectivity index (χ0n) is 15.3. The lowest BCUT2D eigenvalue weighted by atomic mass is 10.1. The highest BCUT2D eigenvalue weighted by Gasteiger charge is 2.03. The molecule has 28 heavy (non-hydrogen) atoms. The Morgan fingerprint density at radius 1 is 0.679 bits per heavy atom. The summed E-state index contributed by atoms with van der Waals surface area (Å²) in [5.41, 5.74) is 3.20. The van der Waals surface area contributed by atoms with E-state index in [4.69, 9.17) is 32.9 Å². The van der Waals surface area contributed by atoms with Crippen molar-refractivity contribution in [3.63, 3.8) is 0 Å². The molecule has 1 aromatic heterocycles. The summed E-state index contributed by atoms with van der Waals surface area (Å²) >= 11 is 11.8. The molecule has 142 valence electrons. The fourth-order valence-electron chi connectivity index (χ4n) is 2.22. The molecule has 0 fully saturated rings. The van der Waals surface area contributed by atoms with Crippen LogP contribution in [-0.2, 0) is 0 Å². The summed E-state index contributed by atoms with van der Waals surface area (Å²) in [6, 6.07) is 19.8. The molecule has 7 heteroatoms. The molecular weight excluding hydrogens is 397 g/mol. The summed E-state index contributed by atoms with van der Waals surface area (Å²) in [4.78, 5) is 15.0. The van der Waals surface area contributed by atoms with Gasteiger partial charge < -0.3 is 9.68 Å². The molecule has 0 saturated heterocycles. The average Bonchev–Trinajstić information content (AvgIpc) is 2.71. The van der Waals surface area contributed by atoms with Gasteiger partial charge in [0.2, 0.25) is 0 Å². The molecule has 0 aliphatic carbocycles. The highest BCUT2D eigenvalue weighted by atomic mass is 35.5. The van der Waals surface area contributed by atoms with E-state index in [-0.39, 0.29) is 0 Å². The second-order valence-electron chi connectivity index (χ2n) is 5.86. The maximum Gasteiger partial charge on any atom is 0.252 e. The summed E-state index contributed by atoms with van der Waals surface area (Å²) < 4.78 is 0. The molecule has 0 amide bonds. The predicted molar refractivity (Wildman–Crippen MR) is 113 cm³/mol. The fourth-order valence-corrected chi connectivity index (χ4v) is 2.47. The maximum absolute atomic E-state index is 5.89. The third-order valence-corrected chi connectivity index (χ3v) is 4.28. The van der Waals surface area contributed by atoms with E-state index in [1.807, 2.05) is 38.1 Å². The minimum atomic E-state index is 0.296. The third kappa shape index (κ3) is 5.55. The van der Waals surface area contributed by atoms with Gasteiger partial charge in [0.05, 0.1) is 11.4 Å². The zero-order chi connectivity index (χ0) is 19.9. The van der Waals surface area contributed by atoms with Gasteiger partial charge in [-0.15, -0.1) is 0 Å². The van der Waals surface area contributed by atoms with Crippen LogP contribution in [0.4, 0.5) is 0 Å². The molecule has 0 saturated carbocycles. The first-order valence-corrected chi connectivity index (χ1v) is 9.19. The van der Waals surface area contributed by atoms with Crippen LogP contribution in [-0.4, -0.2) is 16.4 Å². The highest BCUT2D eigenvalue weighted by Crippen LogP contribution is 2.16. The smallest absolute Gasteiger partial charge is 0.252 e. The van der Waals surface area contributed by atoms with Crippen LogP contribution < -0.4 is 9.68 Å². The number of hydrogen-bond donors (Lipinski definition) is 0. The minimum Gasteiger partial charge on any atom is -0.336 e. The van der Waals surface area contributed by atoms with Crippen LogP contribution >= 0.6 is 23.2 Å². The Hall–Kier alpha value is -2.89. The second-order valence-corrected chi connectivity index (χ2v) is 6.74. The van der Waals surface area contributed by atoms with Crippen molar-refractivity contribution in [2.75, 3.05) is 0 Å². The Morgan fingerprint density at radius 2 is 1.07 bits per heavy atom. The molecule has 0 radical (unpaired) electrons. The van der Waals surface area contributed by atoms with E-state index in [2.05, 4.69) is 15.3 Å². The van der Waals surface area contributed by atoms with Crippen LogP contribution in [0, 0.1) is 0 Å². The molecule has 0 aliphatic heterocycles. The van der Waals surface area contributed by atoms with E-state index in [1.165, 1.54) is 0 Å². The molecule has 2 aromatic carbocycles. The summed E-state index contributed by atoms with van der Waals surface area (Å²) in [6.07, 6.45) is 0. The van der Waals surface area contributed by atoms with E-state index in [0.717, 1.165) is 11.1 Å². The van der Waals surface area contributed by atoms with Gasteiger partial charge in [0.1, 0.15) is 0 Å². The van der Waals surface area contributed by atoms with Gasteiger partial charge in [-0.3, -0.25) is 0 Å². The van der Waals surface area contributed by atoms with Crippen molar-refractivity contribution in [2.45, 2.75) is 13.8 Å². The van der Waals surface area contributed by atoms with E-state index >= 15 is 0 Å². The number of rotatable bonds is 6. The van der Waals surface area contributed by atoms with Gasteiger partial charge in [-0.2, -0.15) is 4.98 Å². The van der Waals surface area contributed by atoms with Crippen LogP contribution in [0.3, 0.4) is 0 Å². The molecule has 3 aromatic rings. The number of nitrogens with zero attached hydrogens (tertiary/aromatic N) is 3. The number of benzene rings is 2. The topological polar surface area (TPSA) is 56.1 Å². The van der Waals surface area contributed by atoms with Gasteiger partial charge in [-0.05, 0) is 49.2 Å². The van der Waals surface area contributed by atoms with Gasteiger partial charge in [0, 0.05) is 22.2 Å². The quantitative estimate of drug-likeness (QED) is 0.368. The van der Waals surface area contributed by atoms with Gasteiger partial charge >= 0.3 is 0 Å². The van der Waals surface area contributed by atoms with Gasteiger partial charge in [-0.25, -0.2) is 0 Å². The Labute approximate surface area is 173 Å². The molecular formula is C21H17Cl2N3O2. The molecule has 3 rings (SSSR count). The van der Waals surface area contributed by atoms with Crippen LogP contribution in [0.25, 0.3) is 0 Å². The monoisotopic (exact) mass is 413 g/mol. The van der Waals surface area contributed by atoms with Crippen LogP contribution in [0.15, 0.2) is 77.0 Å². The summed E-state index contributed by atoms with van der Waals surface area (Å²) in [5.74, 6) is 0.593. The van der Waals surface area contributed by atoms with Crippen molar-refractivity contribution < 1.29 is 9.68 Å². The average molecular weight is 414 g/mol. The number of hydrogen-bond acceptors (Lipinski definition) is 5. The van der Waals surface area contributed by atoms with Gasteiger partial charge in [0.15, 0.2) is 0 Å². The molecule has 0 bridgehead atoms. The largest absolute Gasteiger partial charge is 0.336 e. The van der Waals surface area contributed by atoms with Gasteiger partial charge in [-0.1, -0.05) is 63.8 Å². The predicted octanol–water partition coefficient (Wildman–Crippen LogP) is 5.99. The van der Waals surface area contributed by atoms with Crippen molar-refractivity contribution in [2.24, 2.45) is 10.3 Å². The maximum atomic E-state index is 5.89. The first-order chi connectivity index (χ1) is 13.5. The van der Waals surface area contributed by atoms with Crippen molar-refractivity contribution in [1.82, 2.24) is 4.98 Å². The summed E-state index contributed by atoms with van der Waals surface area (Å²) in [7, 11) is 0. The molecule has 0 aliphatic rings. The number of pyridine rings is 1. The van der Waals surface area contributed by atoms with E-state index in [1.54, 1.807) is 42.5 Å². The standard InChI is InChI=1S/C21H17Cl2N3O2/c1-14(16-6-10-18(22)11-7-16)25-27-20-4-3-5-21(24-20)28-26-15(2)17-8-12-19(23)13-9-17/h3-13H,1-2H3/b25-14-,26-15+. The lowest BCUT2D eigenvalue weighted by Crippen LogP contribution is -2.00. The fraction of sp³-hybridized carbons (Fsp3) is 0.0952. The molecule has 0 spiro atoms. The van der Waals surface area contributed by atoms with E-state index in [0.29, 0.717) is 33.2 Å². The second kappa shape index (κ2) is 9.35. The zero-order valence-corrected chi connectivity index (χ0v) is 16.8. The van der Waals surface area contributed by atoms with E-state index in [9.17, 15) is 0 Å². The van der Waals surface area contributed by atoms with Crippen molar-refractivity contribution in [3.8, 4) is 11.8 Å². The Balaban J connectivity index is 1.66. The lowest BCUT2D eigenvalue weighted by molar-refractivity contribution is 0.299. The Kier molecular flexibility index (Phi) is 6.63. The van der Waals surface area contributed by atoms with Crippen molar-refractivity contribution in [3.05, 3.63) is 87.9 Å². The normalized spacial score (nSPS) is 12.0. The first kappa shape index (κ1) is 19.9. The number of aromatic nitrogens is 1. The number of oxime groups is 2. The van der Waals surface area contributed by atoms with Crippen LogP contribution in [0.5, 0.6) is 11.8 Å². The highest BCUT2D eigenvalue weighted by molar-refractivity contribution is 6.31. The molecule has 1 heterocycles. The van der Waals surface area contributed by atoms with Gasteiger partial charge in [0.25, 0.3) is 11.8 Å². The summed E-state index contributed by atoms with van der Waals surface area (Å²) in [5, 5.41) is 9.52. The molecule has 5 nitrogen and oxygen atoms in total. The first-order valence-electron chi connectivity index (χ1n) is 8.43. The van der Waals surface area contributed by atoms with Crippen LogP contribution in [0.1, 0.15) is 25.0 Å². The third-order valence-electron chi connectivity index (χ3n) is 3.77. The molecule has 0 N–H and O–H groups in total. The van der Waals surface area contributed by atoms with Crippen molar-refractivity contribution >= 4 is 34.6 Å². The van der Waals surface area contributed by atoms with Crippen LogP contribution in [0.2, 0.25) is 10.0 Å². The van der Waals surface area contributed by atoms with E-state index < -0.39 is 0 Å². The lowest BCUT2D eigenvalue weighted by Gasteiger charge is -2.04. The molecule has 0 unspecified atom stereocenters. The SMILES string of the molecule is C/C(=N/Oc1cccc(O/N=C(\C)c2ccc(Cl)cc2)n1)c1ccc(Cl)cc1.